The van der Waals surface area contributed by atoms with Crippen molar-refractivity contribution in [3.63, 3.8) is 0 Å². The number of rotatable bonds is 6. The van der Waals surface area contributed by atoms with Crippen molar-refractivity contribution in [1.29, 1.82) is 5.26 Å². The molecule has 1 aliphatic carbocycles. The molecule has 1 fully saturated rings. The Bertz CT molecular complexity index is 1120. The van der Waals surface area contributed by atoms with Crippen molar-refractivity contribution < 1.29 is 14.3 Å². The lowest BCUT2D eigenvalue weighted by molar-refractivity contribution is -0.122. The zero-order chi connectivity index (χ0) is 20.9. The molecule has 0 radical (unpaired) electrons. The quantitative estimate of drug-likeness (QED) is 0.638. The Hall–Kier alpha value is -4.11. The largest absolute Gasteiger partial charge is 0.455 e. The molecule has 3 aromatic rings. The van der Waals surface area contributed by atoms with Crippen LogP contribution in [0.25, 0.3) is 0 Å². The number of ether oxygens (including phenoxy) is 1. The Kier molecular flexibility index (Phi) is 5.44. The maximum absolute atomic E-state index is 12.7. The molecule has 2 amide bonds. The second kappa shape index (κ2) is 8.50. The summed E-state index contributed by atoms with van der Waals surface area (Å²) in [6, 6.07) is 25.2. The fourth-order valence-electron chi connectivity index (χ4n) is 3.18. The van der Waals surface area contributed by atoms with Gasteiger partial charge in [0.1, 0.15) is 5.75 Å². The van der Waals surface area contributed by atoms with Gasteiger partial charge in [0, 0.05) is 5.69 Å². The van der Waals surface area contributed by atoms with Crippen molar-refractivity contribution in [2.75, 3.05) is 10.6 Å². The molecule has 0 spiro atoms. The number of hydrogen-bond acceptors (Lipinski definition) is 4. The van der Waals surface area contributed by atoms with Crippen LogP contribution >= 0.6 is 0 Å². The summed E-state index contributed by atoms with van der Waals surface area (Å²) >= 11 is 0. The standard InChI is InChI=1S/C24H19N3O3/c25-15-16-7-6-8-17(13-16)26-23(28)19-14-20(19)24(29)27-21-11-4-5-12-22(21)30-18-9-2-1-3-10-18/h1-13,19-20H,14H2,(H,26,28)(H,27,29). The number of anilines is 2. The molecule has 0 saturated heterocycles. The van der Waals surface area contributed by atoms with E-state index >= 15 is 0 Å². The number of carbonyl (C=O) groups excluding carboxylic acids is 2. The molecule has 1 saturated carbocycles. The van der Waals surface area contributed by atoms with Gasteiger partial charge in [-0.05, 0) is 48.9 Å². The van der Waals surface area contributed by atoms with Gasteiger partial charge in [-0.2, -0.15) is 5.26 Å². The molecule has 2 N–H and O–H groups in total. The molecule has 1 aliphatic rings. The summed E-state index contributed by atoms with van der Waals surface area (Å²) < 4.78 is 5.87. The van der Waals surface area contributed by atoms with Crippen LogP contribution in [0.3, 0.4) is 0 Å². The molecule has 148 valence electrons. The Morgan fingerprint density at radius 1 is 0.867 bits per heavy atom. The molecule has 6 nitrogen and oxygen atoms in total. The fourth-order valence-corrected chi connectivity index (χ4v) is 3.18. The maximum Gasteiger partial charge on any atom is 0.228 e. The lowest BCUT2D eigenvalue weighted by atomic mass is 10.2. The van der Waals surface area contributed by atoms with Crippen LogP contribution < -0.4 is 15.4 Å². The van der Waals surface area contributed by atoms with E-state index in [1.54, 1.807) is 36.4 Å². The van der Waals surface area contributed by atoms with Crippen LogP contribution in [-0.4, -0.2) is 11.8 Å². The highest BCUT2D eigenvalue weighted by molar-refractivity contribution is 6.03. The number of nitrogens with one attached hydrogen (secondary N) is 2. The molecule has 3 aromatic carbocycles. The van der Waals surface area contributed by atoms with E-state index in [4.69, 9.17) is 10.00 Å². The molecule has 0 aliphatic heterocycles. The molecule has 30 heavy (non-hydrogen) atoms. The Morgan fingerprint density at radius 3 is 2.33 bits per heavy atom. The number of hydrogen-bond donors (Lipinski definition) is 2. The number of carbonyl (C=O) groups is 2. The van der Waals surface area contributed by atoms with Crippen molar-refractivity contribution in [1.82, 2.24) is 0 Å². The first-order valence-electron chi connectivity index (χ1n) is 9.58. The Morgan fingerprint density at radius 2 is 1.57 bits per heavy atom. The molecule has 4 rings (SSSR count). The third-order valence-electron chi connectivity index (χ3n) is 4.84. The highest BCUT2D eigenvalue weighted by Crippen LogP contribution is 2.41. The average molecular weight is 397 g/mol. The summed E-state index contributed by atoms with van der Waals surface area (Å²) in [6.07, 6.45) is 0.483. The fraction of sp³-hybridized carbons (Fsp3) is 0.125. The maximum atomic E-state index is 12.7. The second-order valence-electron chi connectivity index (χ2n) is 7.03. The van der Waals surface area contributed by atoms with Gasteiger partial charge >= 0.3 is 0 Å². The van der Waals surface area contributed by atoms with E-state index in [-0.39, 0.29) is 11.8 Å². The van der Waals surface area contributed by atoms with Crippen molar-refractivity contribution in [3.05, 3.63) is 84.4 Å². The number of para-hydroxylation sites is 3. The Balaban J connectivity index is 1.37. The summed E-state index contributed by atoms with van der Waals surface area (Å²) in [5.74, 6) is -0.0227. The van der Waals surface area contributed by atoms with E-state index in [1.807, 2.05) is 48.5 Å². The number of nitriles is 1. The normalized spacial score (nSPS) is 16.8. The molecular weight excluding hydrogens is 378 g/mol. The van der Waals surface area contributed by atoms with E-state index in [0.29, 0.717) is 34.9 Å². The predicted octanol–water partition coefficient (Wildman–Crippen LogP) is 4.56. The Labute approximate surface area is 174 Å². The van der Waals surface area contributed by atoms with Crippen molar-refractivity contribution in [3.8, 4) is 17.6 Å². The summed E-state index contributed by atoms with van der Waals surface area (Å²) in [5, 5.41) is 14.6. The van der Waals surface area contributed by atoms with Crippen molar-refractivity contribution in [2.24, 2.45) is 11.8 Å². The summed E-state index contributed by atoms with van der Waals surface area (Å²) in [6.45, 7) is 0. The number of benzene rings is 3. The average Bonchev–Trinajstić information content (AvgIpc) is 3.57. The van der Waals surface area contributed by atoms with Crippen LogP contribution in [0.15, 0.2) is 78.9 Å². The first-order chi connectivity index (χ1) is 14.6. The van der Waals surface area contributed by atoms with E-state index < -0.39 is 11.8 Å². The zero-order valence-electron chi connectivity index (χ0n) is 16.0. The minimum Gasteiger partial charge on any atom is -0.455 e. The lowest BCUT2D eigenvalue weighted by Gasteiger charge is -2.12. The molecule has 6 heteroatoms. The number of nitrogens with zero attached hydrogens (tertiary/aromatic N) is 1. The first kappa shape index (κ1) is 19.2. The molecule has 2 atom stereocenters. The van der Waals surface area contributed by atoms with Crippen molar-refractivity contribution >= 4 is 23.2 Å². The van der Waals surface area contributed by atoms with Gasteiger partial charge in [-0.1, -0.05) is 36.4 Å². The predicted molar refractivity (Wildman–Crippen MR) is 113 cm³/mol. The minimum absolute atomic E-state index is 0.218. The first-order valence-corrected chi connectivity index (χ1v) is 9.58. The zero-order valence-corrected chi connectivity index (χ0v) is 16.0. The highest BCUT2D eigenvalue weighted by atomic mass is 16.5. The van der Waals surface area contributed by atoms with E-state index in [1.165, 1.54) is 0 Å². The van der Waals surface area contributed by atoms with Gasteiger partial charge in [0.15, 0.2) is 5.75 Å². The van der Waals surface area contributed by atoms with Crippen LogP contribution in [0, 0.1) is 23.2 Å². The number of amides is 2. The van der Waals surface area contributed by atoms with Gasteiger partial charge in [-0.3, -0.25) is 9.59 Å². The van der Waals surface area contributed by atoms with Crippen LogP contribution in [0.5, 0.6) is 11.5 Å². The molecule has 0 aromatic heterocycles. The van der Waals surface area contributed by atoms with Crippen LogP contribution in [0.4, 0.5) is 11.4 Å². The minimum atomic E-state index is -0.395. The molecule has 2 unspecified atom stereocenters. The van der Waals surface area contributed by atoms with Gasteiger partial charge in [0.25, 0.3) is 0 Å². The third kappa shape index (κ3) is 4.47. The molecule has 0 heterocycles. The van der Waals surface area contributed by atoms with Gasteiger partial charge in [-0.25, -0.2) is 0 Å². The molecule has 0 bridgehead atoms. The lowest BCUT2D eigenvalue weighted by Crippen LogP contribution is -2.20. The van der Waals surface area contributed by atoms with Gasteiger partial charge < -0.3 is 15.4 Å². The third-order valence-corrected chi connectivity index (χ3v) is 4.84. The summed E-state index contributed by atoms with van der Waals surface area (Å²) in [5.41, 5.74) is 1.57. The van der Waals surface area contributed by atoms with Crippen LogP contribution in [0.1, 0.15) is 12.0 Å². The highest BCUT2D eigenvalue weighted by Gasteiger charge is 2.48. The second-order valence-corrected chi connectivity index (χ2v) is 7.03. The van der Waals surface area contributed by atoms with Crippen LogP contribution in [-0.2, 0) is 9.59 Å². The van der Waals surface area contributed by atoms with Crippen molar-refractivity contribution in [2.45, 2.75) is 6.42 Å². The van der Waals surface area contributed by atoms with Gasteiger partial charge in [-0.15, -0.1) is 0 Å². The van der Waals surface area contributed by atoms with E-state index in [9.17, 15) is 9.59 Å². The smallest absolute Gasteiger partial charge is 0.228 e. The summed E-state index contributed by atoms with van der Waals surface area (Å²) in [7, 11) is 0. The van der Waals surface area contributed by atoms with Gasteiger partial charge in [0.2, 0.25) is 11.8 Å². The van der Waals surface area contributed by atoms with Crippen LogP contribution in [0.2, 0.25) is 0 Å². The topological polar surface area (TPSA) is 91.2 Å². The van der Waals surface area contributed by atoms with Gasteiger partial charge in [0.05, 0.1) is 29.2 Å². The summed E-state index contributed by atoms with van der Waals surface area (Å²) in [4.78, 5) is 25.1. The molecular formula is C24H19N3O3. The van der Waals surface area contributed by atoms with E-state index in [0.717, 1.165) is 0 Å². The monoisotopic (exact) mass is 397 g/mol. The van der Waals surface area contributed by atoms with E-state index in [2.05, 4.69) is 10.6 Å². The SMILES string of the molecule is N#Cc1cccc(NC(=O)C2CC2C(=O)Nc2ccccc2Oc2ccccc2)c1.